The van der Waals surface area contributed by atoms with E-state index in [4.69, 9.17) is 11.6 Å². The van der Waals surface area contributed by atoms with Crippen LogP contribution in [0.2, 0.25) is 5.02 Å². The van der Waals surface area contributed by atoms with Crippen LogP contribution in [0.15, 0.2) is 30.5 Å². The molecule has 23 heavy (non-hydrogen) atoms. The van der Waals surface area contributed by atoms with Crippen LogP contribution in [0, 0.1) is 11.8 Å². The zero-order valence-electron chi connectivity index (χ0n) is 14.1. The third kappa shape index (κ3) is 4.36. The van der Waals surface area contributed by atoms with Crippen LogP contribution in [0.1, 0.15) is 26.7 Å². The van der Waals surface area contributed by atoms with Gasteiger partial charge in [0.1, 0.15) is 0 Å². The number of aromatic nitrogens is 1. The molecule has 1 fully saturated rings. The number of fused-ring (bicyclic) bond motifs is 1. The summed E-state index contributed by atoms with van der Waals surface area (Å²) in [4.78, 5) is 7.00. The molecular formula is C19H26ClN3. The van der Waals surface area contributed by atoms with Gasteiger partial charge >= 0.3 is 0 Å². The average molecular weight is 332 g/mol. The van der Waals surface area contributed by atoms with Gasteiger partial charge in [0.05, 0.1) is 5.52 Å². The third-order valence-corrected chi connectivity index (χ3v) is 4.85. The predicted octanol–water partition coefficient (Wildman–Crippen LogP) is 4.67. The Morgan fingerprint density at radius 1 is 1.22 bits per heavy atom. The molecule has 1 aliphatic rings. The number of piperidine rings is 1. The molecule has 4 heteroatoms. The molecule has 1 aromatic heterocycles. The van der Waals surface area contributed by atoms with Crippen LogP contribution in [0.4, 0.5) is 5.69 Å². The summed E-state index contributed by atoms with van der Waals surface area (Å²) in [6.45, 7) is 9.41. The van der Waals surface area contributed by atoms with E-state index in [1.165, 1.54) is 26.1 Å². The second-order valence-corrected chi connectivity index (χ2v) is 7.44. The quantitative estimate of drug-likeness (QED) is 0.807. The molecule has 3 rings (SSSR count). The first kappa shape index (κ1) is 16.5. The summed E-state index contributed by atoms with van der Waals surface area (Å²) in [5.41, 5.74) is 2.09. The van der Waals surface area contributed by atoms with Crippen molar-refractivity contribution < 1.29 is 0 Å². The fraction of sp³-hybridized carbons (Fsp3) is 0.526. The maximum atomic E-state index is 6.04. The molecule has 124 valence electrons. The topological polar surface area (TPSA) is 28.2 Å². The zero-order chi connectivity index (χ0) is 16.2. The van der Waals surface area contributed by atoms with Gasteiger partial charge in [0.25, 0.3) is 0 Å². The van der Waals surface area contributed by atoms with Gasteiger partial charge in [-0.15, -0.1) is 0 Å². The molecule has 3 nitrogen and oxygen atoms in total. The number of anilines is 1. The number of rotatable bonds is 5. The summed E-state index contributed by atoms with van der Waals surface area (Å²) in [5, 5.41) is 5.43. The van der Waals surface area contributed by atoms with E-state index in [0.717, 1.165) is 46.4 Å². The number of hydrogen-bond donors (Lipinski definition) is 1. The van der Waals surface area contributed by atoms with Crippen LogP contribution < -0.4 is 5.32 Å². The molecule has 0 aliphatic carbocycles. The molecule has 0 bridgehead atoms. The lowest BCUT2D eigenvalue weighted by molar-refractivity contribution is 0.141. The van der Waals surface area contributed by atoms with Crippen LogP contribution in [-0.2, 0) is 0 Å². The van der Waals surface area contributed by atoms with E-state index in [9.17, 15) is 0 Å². The summed E-state index contributed by atoms with van der Waals surface area (Å²) >= 11 is 6.04. The molecule has 1 N–H and O–H groups in total. The SMILES string of the molecule is CC1CC(C)CN(CCCNc2ccnc3cc(Cl)ccc23)C1. The minimum absolute atomic E-state index is 0.732. The number of nitrogens with zero attached hydrogens (tertiary/aromatic N) is 2. The standard InChI is InChI=1S/C19H26ClN3/c1-14-10-15(2)13-23(12-14)9-3-7-21-18-6-8-22-19-11-16(20)4-5-17(18)19/h4-6,8,11,14-15H,3,7,9-10,12-13H2,1-2H3,(H,21,22). The molecule has 0 amide bonds. The normalized spacial score (nSPS) is 22.4. The van der Waals surface area contributed by atoms with Crippen LogP contribution in [-0.4, -0.2) is 36.1 Å². The fourth-order valence-corrected chi connectivity index (χ4v) is 3.94. The van der Waals surface area contributed by atoms with Crippen LogP contribution >= 0.6 is 11.6 Å². The lowest BCUT2D eigenvalue weighted by atomic mass is 9.92. The van der Waals surface area contributed by atoms with Gasteiger partial charge < -0.3 is 10.2 Å². The molecule has 1 aliphatic heterocycles. The van der Waals surface area contributed by atoms with Crippen molar-refractivity contribution in [3.63, 3.8) is 0 Å². The number of likely N-dealkylation sites (tertiary alicyclic amines) is 1. The zero-order valence-corrected chi connectivity index (χ0v) is 14.8. The van der Waals surface area contributed by atoms with Crippen molar-refractivity contribution in [2.75, 3.05) is 31.5 Å². The highest BCUT2D eigenvalue weighted by Crippen LogP contribution is 2.24. The Labute approximate surface area is 144 Å². The van der Waals surface area contributed by atoms with E-state index < -0.39 is 0 Å². The van der Waals surface area contributed by atoms with E-state index in [-0.39, 0.29) is 0 Å². The number of hydrogen-bond acceptors (Lipinski definition) is 3. The van der Waals surface area contributed by atoms with Gasteiger partial charge in [-0.25, -0.2) is 0 Å². The van der Waals surface area contributed by atoms with E-state index in [1.807, 2.05) is 30.5 Å². The number of benzene rings is 1. The first-order valence-corrected chi connectivity index (χ1v) is 9.00. The van der Waals surface area contributed by atoms with Crippen molar-refractivity contribution >= 4 is 28.2 Å². The Kier molecular flexibility index (Phi) is 5.39. The number of nitrogens with one attached hydrogen (secondary N) is 1. The fourth-order valence-electron chi connectivity index (χ4n) is 3.78. The van der Waals surface area contributed by atoms with Crippen molar-refractivity contribution in [1.82, 2.24) is 9.88 Å². The monoisotopic (exact) mass is 331 g/mol. The van der Waals surface area contributed by atoms with Crippen molar-refractivity contribution in [2.24, 2.45) is 11.8 Å². The lowest BCUT2D eigenvalue weighted by Crippen LogP contribution is -2.39. The van der Waals surface area contributed by atoms with Crippen molar-refractivity contribution in [3.8, 4) is 0 Å². The van der Waals surface area contributed by atoms with Gasteiger partial charge in [-0.3, -0.25) is 4.98 Å². The highest BCUT2D eigenvalue weighted by Gasteiger charge is 2.20. The minimum Gasteiger partial charge on any atom is -0.384 e. The van der Waals surface area contributed by atoms with Crippen molar-refractivity contribution in [1.29, 1.82) is 0 Å². The summed E-state index contributed by atoms with van der Waals surface area (Å²) in [5.74, 6) is 1.67. The first-order valence-electron chi connectivity index (χ1n) is 8.62. The van der Waals surface area contributed by atoms with Crippen LogP contribution in [0.3, 0.4) is 0 Å². The van der Waals surface area contributed by atoms with Gasteiger partial charge in [0, 0.05) is 41.9 Å². The number of halogens is 1. The van der Waals surface area contributed by atoms with E-state index in [1.54, 1.807) is 0 Å². The summed E-state index contributed by atoms with van der Waals surface area (Å²) < 4.78 is 0. The van der Waals surface area contributed by atoms with Crippen LogP contribution in [0.5, 0.6) is 0 Å². The average Bonchev–Trinajstić information content (AvgIpc) is 2.50. The Bertz CT molecular complexity index is 648. The van der Waals surface area contributed by atoms with Gasteiger partial charge in [-0.2, -0.15) is 0 Å². The van der Waals surface area contributed by atoms with Gasteiger partial charge in [0.2, 0.25) is 0 Å². The second kappa shape index (κ2) is 7.50. The molecule has 1 aromatic carbocycles. The smallest absolute Gasteiger partial charge is 0.0737 e. The Balaban J connectivity index is 1.53. The molecule has 0 radical (unpaired) electrons. The third-order valence-electron chi connectivity index (χ3n) is 4.62. The number of pyridine rings is 1. The Hall–Kier alpha value is -1.32. The summed E-state index contributed by atoms with van der Waals surface area (Å²) in [6, 6.07) is 7.92. The van der Waals surface area contributed by atoms with Gasteiger partial charge in [-0.1, -0.05) is 25.4 Å². The molecule has 2 heterocycles. The molecule has 0 spiro atoms. The minimum atomic E-state index is 0.732. The Morgan fingerprint density at radius 2 is 2.00 bits per heavy atom. The van der Waals surface area contributed by atoms with E-state index >= 15 is 0 Å². The summed E-state index contributed by atoms with van der Waals surface area (Å²) in [7, 11) is 0. The molecule has 2 unspecified atom stereocenters. The highest BCUT2D eigenvalue weighted by atomic mass is 35.5. The lowest BCUT2D eigenvalue weighted by Gasteiger charge is -2.35. The van der Waals surface area contributed by atoms with Crippen LogP contribution in [0.25, 0.3) is 10.9 Å². The first-order chi connectivity index (χ1) is 11.1. The van der Waals surface area contributed by atoms with E-state index in [0.29, 0.717) is 0 Å². The van der Waals surface area contributed by atoms with Crippen molar-refractivity contribution in [2.45, 2.75) is 26.7 Å². The maximum Gasteiger partial charge on any atom is 0.0737 e. The molecule has 1 saturated heterocycles. The van der Waals surface area contributed by atoms with Gasteiger partial charge in [0.15, 0.2) is 0 Å². The second-order valence-electron chi connectivity index (χ2n) is 7.01. The van der Waals surface area contributed by atoms with E-state index in [2.05, 4.69) is 29.0 Å². The molecule has 0 saturated carbocycles. The molecule has 2 atom stereocenters. The Morgan fingerprint density at radius 3 is 2.78 bits per heavy atom. The van der Waals surface area contributed by atoms with Gasteiger partial charge in [-0.05, 0) is 55.5 Å². The molecular weight excluding hydrogens is 306 g/mol. The molecule has 2 aromatic rings. The highest BCUT2D eigenvalue weighted by molar-refractivity contribution is 6.31. The van der Waals surface area contributed by atoms with Crippen molar-refractivity contribution in [3.05, 3.63) is 35.5 Å². The predicted molar refractivity (Wildman–Crippen MR) is 99.2 cm³/mol. The summed E-state index contributed by atoms with van der Waals surface area (Å²) in [6.07, 6.45) is 4.38. The maximum absolute atomic E-state index is 6.04. The largest absolute Gasteiger partial charge is 0.384 e.